The van der Waals surface area contributed by atoms with Gasteiger partial charge in [-0.25, -0.2) is 4.79 Å². The van der Waals surface area contributed by atoms with Gasteiger partial charge in [-0.2, -0.15) is 0 Å². The first-order valence-corrected chi connectivity index (χ1v) is 7.92. The van der Waals surface area contributed by atoms with Crippen LogP contribution in [-0.2, 0) is 4.74 Å². The number of nitrogens with zero attached hydrogens (tertiary/aromatic N) is 1. The van der Waals surface area contributed by atoms with Gasteiger partial charge in [0, 0.05) is 25.4 Å². The third-order valence-electron chi connectivity index (χ3n) is 4.07. The van der Waals surface area contributed by atoms with E-state index in [9.17, 15) is 4.79 Å². The van der Waals surface area contributed by atoms with Crippen molar-refractivity contribution in [1.29, 1.82) is 0 Å². The van der Waals surface area contributed by atoms with E-state index in [1.165, 1.54) is 5.39 Å². The number of piperidine rings is 1. The van der Waals surface area contributed by atoms with E-state index < -0.39 is 0 Å². The van der Waals surface area contributed by atoms with Crippen LogP contribution in [0.2, 0.25) is 0 Å². The SMILES string of the molecule is CCOC1CCCN(C(=O)Nc2ccc3ccccc3c2)C1. The molecule has 1 atom stereocenters. The highest BCUT2D eigenvalue weighted by atomic mass is 16.5. The van der Waals surface area contributed by atoms with Gasteiger partial charge < -0.3 is 15.0 Å². The van der Waals surface area contributed by atoms with Gasteiger partial charge in [-0.05, 0) is 42.7 Å². The molecule has 0 spiro atoms. The number of rotatable bonds is 3. The Bertz CT molecular complexity index is 654. The average molecular weight is 298 g/mol. The average Bonchev–Trinajstić information content (AvgIpc) is 2.55. The van der Waals surface area contributed by atoms with Crippen LogP contribution in [0.4, 0.5) is 10.5 Å². The van der Waals surface area contributed by atoms with E-state index >= 15 is 0 Å². The van der Waals surface area contributed by atoms with Crippen molar-refractivity contribution in [1.82, 2.24) is 4.90 Å². The smallest absolute Gasteiger partial charge is 0.321 e. The van der Waals surface area contributed by atoms with Crippen molar-refractivity contribution in [2.24, 2.45) is 0 Å². The largest absolute Gasteiger partial charge is 0.377 e. The maximum Gasteiger partial charge on any atom is 0.321 e. The molecule has 22 heavy (non-hydrogen) atoms. The Balaban J connectivity index is 1.67. The molecule has 0 radical (unpaired) electrons. The van der Waals surface area contributed by atoms with Gasteiger partial charge in [-0.1, -0.05) is 30.3 Å². The molecule has 2 aromatic rings. The highest BCUT2D eigenvalue weighted by molar-refractivity contribution is 5.93. The Morgan fingerprint density at radius 3 is 2.91 bits per heavy atom. The fraction of sp³-hybridized carbons (Fsp3) is 0.389. The Morgan fingerprint density at radius 2 is 2.09 bits per heavy atom. The molecule has 4 nitrogen and oxygen atoms in total. The summed E-state index contributed by atoms with van der Waals surface area (Å²) < 4.78 is 5.65. The maximum atomic E-state index is 12.4. The number of amides is 2. The molecule has 1 heterocycles. The number of hydrogen-bond acceptors (Lipinski definition) is 2. The number of nitrogens with one attached hydrogen (secondary N) is 1. The van der Waals surface area contributed by atoms with E-state index in [1.54, 1.807) is 0 Å². The van der Waals surface area contributed by atoms with Gasteiger partial charge in [0.2, 0.25) is 0 Å². The zero-order valence-electron chi connectivity index (χ0n) is 12.9. The molecule has 1 saturated heterocycles. The van der Waals surface area contributed by atoms with Crippen molar-refractivity contribution in [2.45, 2.75) is 25.9 Å². The summed E-state index contributed by atoms with van der Waals surface area (Å²) in [7, 11) is 0. The number of anilines is 1. The summed E-state index contributed by atoms with van der Waals surface area (Å²) in [5.74, 6) is 0. The Kier molecular flexibility index (Phi) is 4.59. The van der Waals surface area contributed by atoms with Crippen molar-refractivity contribution < 1.29 is 9.53 Å². The van der Waals surface area contributed by atoms with Gasteiger partial charge in [-0.15, -0.1) is 0 Å². The normalized spacial score (nSPS) is 18.4. The van der Waals surface area contributed by atoms with Crippen LogP contribution in [0.1, 0.15) is 19.8 Å². The summed E-state index contributed by atoms with van der Waals surface area (Å²) in [4.78, 5) is 14.3. The van der Waals surface area contributed by atoms with E-state index in [0.29, 0.717) is 13.2 Å². The lowest BCUT2D eigenvalue weighted by Crippen LogP contribution is -2.45. The van der Waals surface area contributed by atoms with Crippen molar-refractivity contribution >= 4 is 22.5 Å². The lowest BCUT2D eigenvalue weighted by atomic mass is 10.1. The molecular formula is C18H22N2O2. The van der Waals surface area contributed by atoms with Crippen molar-refractivity contribution in [2.75, 3.05) is 25.0 Å². The summed E-state index contributed by atoms with van der Waals surface area (Å²) in [6.07, 6.45) is 2.20. The van der Waals surface area contributed by atoms with Crippen LogP contribution in [-0.4, -0.2) is 36.7 Å². The van der Waals surface area contributed by atoms with Crippen molar-refractivity contribution in [3.05, 3.63) is 42.5 Å². The minimum Gasteiger partial charge on any atom is -0.377 e. The predicted octanol–water partition coefficient (Wildman–Crippen LogP) is 3.87. The van der Waals surface area contributed by atoms with Crippen LogP contribution in [0, 0.1) is 0 Å². The van der Waals surface area contributed by atoms with E-state index in [-0.39, 0.29) is 12.1 Å². The van der Waals surface area contributed by atoms with Crippen molar-refractivity contribution in [3.63, 3.8) is 0 Å². The van der Waals surface area contributed by atoms with Gasteiger partial charge in [0.25, 0.3) is 0 Å². The fourth-order valence-corrected chi connectivity index (χ4v) is 2.96. The van der Waals surface area contributed by atoms with Crippen molar-refractivity contribution in [3.8, 4) is 0 Å². The number of urea groups is 1. The monoisotopic (exact) mass is 298 g/mol. The number of carbonyl (C=O) groups excluding carboxylic acids is 1. The number of benzene rings is 2. The minimum absolute atomic E-state index is 0.0420. The van der Waals surface area contributed by atoms with Crippen LogP contribution >= 0.6 is 0 Å². The van der Waals surface area contributed by atoms with Gasteiger partial charge in [0.1, 0.15) is 0 Å². The highest BCUT2D eigenvalue weighted by Gasteiger charge is 2.23. The lowest BCUT2D eigenvalue weighted by Gasteiger charge is -2.32. The molecule has 1 fully saturated rings. The second-order valence-electron chi connectivity index (χ2n) is 5.66. The standard InChI is InChI=1S/C18H22N2O2/c1-2-22-17-8-5-11-20(13-17)18(21)19-16-10-9-14-6-3-4-7-15(14)12-16/h3-4,6-7,9-10,12,17H,2,5,8,11,13H2,1H3,(H,19,21). The maximum absolute atomic E-state index is 12.4. The number of carbonyl (C=O) groups is 1. The van der Waals surface area contributed by atoms with Gasteiger partial charge in [-0.3, -0.25) is 0 Å². The molecule has 0 saturated carbocycles. The molecule has 0 aliphatic carbocycles. The molecule has 1 aliphatic rings. The molecular weight excluding hydrogens is 276 g/mol. The zero-order valence-corrected chi connectivity index (χ0v) is 12.9. The quantitative estimate of drug-likeness (QED) is 0.934. The van der Waals surface area contributed by atoms with Crippen LogP contribution in [0.15, 0.2) is 42.5 Å². The van der Waals surface area contributed by atoms with E-state index in [0.717, 1.165) is 30.5 Å². The third-order valence-corrected chi connectivity index (χ3v) is 4.07. The van der Waals surface area contributed by atoms with Crippen LogP contribution < -0.4 is 5.32 Å². The summed E-state index contributed by atoms with van der Waals surface area (Å²) >= 11 is 0. The predicted molar refractivity (Wildman–Crippen MR) is 89.2 cm³/mol. The Hall–Kier alpha value is -2.07. The van der Waals surface area contributed by atoms with E-state index in [4.69, 9.17) is 4.74 Å². The number of ether oxygens (including phenoxy) is 1. The summed E-state index contributed by atoms with van der Waals surface area (Å²) in [5, 5.41) is 5.30. The van der Waals surface area contributed by atoms with E-state index in [1.807, 2.05) is 42.2 Å². The molecule has 1 N–H and O–H groups in total. The first kappa shape index (κ1) is 14.9. The number of likely N-dealkylation sites (tertiary alicyclic amines) is 1. The molecule has 3 rings (SSSR count). The first-order valence-electron chi connectivity index (χ1n) is 7.92. The third kappa shape index (κ3) is 3.39. The molecule has 0 aromatic heterocycles. The van der Waals surface area contributed by atoms with Gasteiger partial charge >= 0.3 is 6.03 Å². The molecule has 4 heteroatoms. The van der Waals surface area contributed by atoms with Crippen LogP contribution in [0.3, 0.4) is 0 Å². The van der Waals surface area contributed by atoms with Crippen LogP contribution in [0.25, 0.3) is 10.8 Å². The molecule has 1 unspecified atom stereocenters. The van der Waals surface area contributed by atoms with Crippen LogP contribution in [0.5, 0.6) is 0 Å². The molecule has 116 valence electrons. The second-order valence-corrected chi connectivity index (χ2v) is 5.66. The number of hydrogen-bond donors (Lipinski definition) is 1. The molecule has 2 amide bonds. The van der Waals surface area contributed by atoms with Gasteiger partial charge in [0.05, 0.1) is 6.10 Å². The Labute approximate surface area is 131 Å². The summed E-state index contributed by atoms with van der Waals surface area (Å²) in [6, 6.07) is 14.1. The summed E-state index contributed by atoms with van der Waals surface area (Å²) in [6.45, 7) is 4.16. The molecule has 2 aromatic carbocycles. The van der Waals surface area contributed by atoms with Gasteiger partial charge in [0.15, 0.2) is 0 Å². The second kappa shape index (κ2) is 6.79. The first-order chi connectivity index (χ1) is 10.8. The number of fused-ring (bicyclic) bond motifs is 1. The Morgan fingerprint density at radius 1 is 1.27 bits per heavy atom. The van der Waals surface area contributed by atoms with E-state index in [2.05, 4.69) is 17.4 Å². The minimum atomic E-state index is -0.0420. The highest BCUT2D eigenvalue weighted by Crippen LogP contribution is 2.20. The fourth-order valence-electron chi connectivity index (χ4n) is 2.96. The zero-order chi connectivity index (χ0) is 15.4. The molecule has 0 bridgehead atoms. The lowest BCUT2D eigenvalue weighted by molar-refractivity contribution is 0.0181. The summed E-state index contributed by atoms with van der Waals surface area (Å²) in [5.41, 5.74) is 0.835. The topological polar surface area (TPSA) is 41.6 Å². The molecule has 1 aliphatic heterocycles.